The number of hydrogen-bond donors (Lipinski definition) is 0. The maximum absolute atomic E-state index is 12.3. The average molecular weight is 232 g/mol. The van der Waals surface area contributed by atoms with Crippen molar-refractivity contribution in [3.8, 4) is 0 Å². The summed E-state index contributed by atoms with van der Waals surface area (Å²) in [5.74, 6) is -0.391. The molecule has 90 valence electrons. The van der Waals surface area contributed by atoms with Gasteiger partial charge in [-0.3, -0.25) is 14.4 Å². The molecule has 0 aromatic carbocycles. The molecule has 3 aliphatic rings. The summed E-state index contributed by atoms with van der Waals surface area (Å²) in [4.78, 5) is 35.6. The predicted octanol–water partition coefficient (Wildman–Crippen LogP) is 1.42. The normalized spacial score (nSPS) is 46.4. The summed E-state index contributed by atoms with van der Waals surface area (Å²) >= 11 is 0. The van der Waals surface area contributed by atoms with Gasteiger partial charge < -0.3 is 0 Å². The summed E-state index contributed by atoms with van der Waals surface area (Å²) in [7, 11) is 0. The van der Waals surface area contributed by atoms with Gasteiger partial charge in [-0.05, 0) is 43.9 Å². The van der Waals surface area contributed by atoms with Crippen LogP contribution in [-0.2, 0) is 14.4 Å². The predicted molar refractivity (Wildman–Crippen MR) is 61.1 cm³/mol. The summed E-state index contributed by atoms with van der Waals surface area (Å²) in [6.07, 6.45) is 5.30. The number of hydrogen-bond acceptors (Lipinski definition) is 3. The van der Waals surface area contributed by atoms with E-state index in [1.54, 1.807) is 0 Å². The first-order chi connectivity index (χ1) is 8.02. The van der Waals surface area contributed by atoms with Gasteiger partial charge in [-0.2, -0.15) is 0 Å². The van der Waals surface area contributed by atoms with E-state index in [0.717, 1.165) is 6.42 Å². The van der Waals surface area contributed by atoms with Gasteiger partial charge in [-0.25, -0.2) is 0 Å². The lowest BCUT2D eigenvalue weighted by atomic mass is 9.78. The Morgan fingerprint density at radius 3 is 1.76 bits per heavy atom. The molecule has 3 nitrogen and oxygen atoms in total. The molecule has 17 heavy (non-hydrogen) atoms. The maximum Gasteiger partial charge on any atom is 0.154 e. The molecule has 0 N–H and O–H groups in total. The number of ketones is 3. The average Bonchev–Trinajstić information content (AvgIpc) is 2.84. The van der Waals surface area contributed by atoms with E-state index in [-0.39, 0.29) is 29.2 Å². The Bertz CT molecular complexity index is 410. The van der Waals surface area contributed by atoms with Crippen LogP contribution in [0.2, 0.25) is 0 Å². The Balaban J connectivity index is 2.06. The first kappa shape index (κ1) is 10.9. The second kappa shape index (κ2) is 3.37. The van der Waals surface area contributed by atoms with Crippen molar-refractivity contribution in [2.75, 3.05) is 0 Å². The van der Waals surface area contributed by atoms with Crippen molar-refractivity contribution in [1.29, 1.82) is 0 Å². The third-order valence-electron chi connectivity index (χ3n) is 4.84. The molecule has 0 aromatic rings. The van der Waals surface area contributed by atoms with Crippen LogP contribution in [0, 0.1) is 35.5 Å². The Morgan fingerprint density at radius 2 is 1.41 bits per heavy atom. The number of fused-ring (bicyclic) bond motifs is 5. The van der Waals surface area contributed by atoms with Crippen molar-refractivity contribution in [3.05, 3.63) is 12.2 Å². The summed E-state index contributed by atoms with van der Waals surface area (Å²) in [6.45, 7) is 2.97. The van der Waals surface area contributed by atoms with Gasteiger partial charge in [0.1, 0.15) is 11.6 Å². The third kappa shape index (κ3) is 1.25. The number of allylic oxidation sites excluding steroid dienone is 2. The Kier molecular flexibility index (Phi) is 2.16. The van der Waals surface area contributed by atoms with Crippen LogP contribution in [0.3, 0.4) is 0 Å². The fourth-order valence-electron chi connectivity index (χ4n) is 4.35. The summed E-state index contributed by atoms with van der Waals surface area (Å²) in [5.41, 5.74) is 0. The van der Waals surface area contributed by atoms with Gasteiger partial charge in [0.25, 0.3) is 0 Å². The van der Waals surface area contributed by atoms with Gasteiger partial charge in [0.15, 0.2) is 5.78 Å². The molecule has 3 heteroatoms. The SMILES string of the molecule is CC(=O)[C@@H]1C(=O)[C@H](C(C)=O)[C@H]2[C@@H]1[C@H]1C=C[C@H]2C1. The zero-order chi connectivity index (χ0) is 12.3. The van der Waals surface area contributed by atoms with Crippen LogP contribution in [0.15, 0.2) is 12.2 Å². The summed E-state index contributed by atoms with van der Waals surface area (Å²) in [5, 5.41) is 0. The molecule has 2 bridgehead atoms. The largest absolute Gasteiger partial charge is 0.299 e. The molecule has 2 fully saturated rings. The highest BCUT2D eigenvalue weighted by molar-refractivity contribution is 6.13. The second-order valence-corrected chi connectivity index (χ2v) is 5.68. The molecule has 0 spiro atoms. The second-order valence-electron chi connectivity index (χ2n) is 5.68. The van der Waals surface area contributed by atoms with Gasteiger partial charge in [0.2, 0.25) is 0 Å². The zero-order valence-electron chi connectivity index (χ0n) is 10.1. The lowest BCUT2D eigenvalue weighted by Gasteiger charge is -2.24. The van der Waals surface area contributed by atoms with Gasteiger partial charge >= 0.3 is 0 Å². The van der Waals surface area contributed by atoms with E-state index < -0.39 is 11.8 Å². The first-order valence-electron chi connectivity index (χ1n) is 6.25. The van der Waals surface area contributed by atoms with E-state index >= 15 is 0 Å². The molecule has 0 heterocycles. The highest BCUT2D eigenvalue weighted by atomic mass is 16.2. The zero-order valence-corrected chi connectivity index (χ0v) is 10.1. The molecular weight excluding hydrogens is 216 g/mol. The number of carbonyl (C=O) groups excluding carboxylic acids is 3. The van der Waals surface area contributed by atoms with Crippen molar-refractivity contribution < 1.29 is 14.4 Å². The minimum atomic E-state index is -0.520. The molecule has 0 unspecified atom stereocenters. The van der Waals surface area contributed by atoms with E-state index in [1.807, 2.05) is 0 Å². The number of rotatable bonds is 2. The lowest BCUT2D eigenvalue weighted by molar-refractivity contribution is -0.135. The van der Waals surface area contributed by atoms with Crippen molar-refractivity contribution in [3.63, 3.8) is 0 Å². The molecule has 3 rings (SSSR count). The molecule has 0 amide bonds. The molecule has 3 aliphatic carbocycles. The van der Waals surface area contributed by atoms with E-state index in [0.29, 0.717) is 11.8 Å². The molecular formula is C14H16O3. The third-order valence-corrected chi connectivity index (χ3v) is 4.84. The van der Waals surface area contributed by atoms with E-state index in [4.69, 9.17) is 0 Å². The molecule has 0 saturated heterocycles. The molecule has 2 saturated carbocycles. The monoisotopic (exact) mass is 232 g/mol. The number of carbonyl (C=O) groups is 3. The highest BCUT2D eigenvalue weighted by Gasteiger charge is 2.62. The van der Waals surface area contributed by atoms with Gasteiger partial charge in [-0.15, -0.1) is 0 Å². The van der Waals surface area contributed by atoms with Crippen LogP contribution >= 0.6 is 0 Å². The molecule has 6 atom stereocenters. The smallest absolute Gasteiger partial charge is 0.154 e. The summed E-state index contributed by atoms with van der Waals surface area (Å²) in [6, 6.07) is 0. The van der Waals surface area contributed by atoms with Crippen LogP contribution < -0.4 is 0 Å². The summed E-state index contributed by atoms with van der Waals surface area (Å²) < 4.78 is 0. The fraction of sp³-hybridized carbons (Fsp3) is 0.643. The first-order valence-corrected chi connectivity index (χ1v) is 6.25. The number of Topliss-reactive ketones (excluding diaryl/α,β-unsaturated/α-hetero) is 3. The van der Waals surface area contributed by atoms with Crippen LogP contribution in [-0.4, -0.2) is 17.3 Å². The van der Waals surface area contributed by atoms with E-state index in [1.165, 1.54) is 13.8 Å². The minimum Gasteiger partial charge on any atom is -0.299 e. The Hall–Kier alpha value is -1.25. The standard InChI is InChI=1S/C14H16O3/c1-6(15)10-12-8-3-4-9(5-8)13(12)11(7(2)16)14(10)17/h3-4,8-13H,5H2,1-2H3/t8-,9-,10-,11+,12+,13-/m0/s1. The van der Waals surface area contributed by atoms with Crippen LogP contribution in [0.25, 0.3) is 0 Å². The highest BCUT2D eigenvalue weighted by Crippen LogP contribution is 2.58. The minimum absolute atomic E-state index is 0.0605. The molecule has 0 aliphatic heterocycles. The van der Waals surface area contributed by atoms with Gasteiger partial charge in [-0.1, -0.05) is 12.2 Å². The quantitative estimate of drug-likeness (QED) is 0.534. The maximum atomic E-state index is 12.3. The van der Waals surface area contributed by atoms with E-state index in [2.05, 4.69) is 12.2 Å². The fourth-order valence-corrected chi connectivity index (χ4v) is 4.35. The van der Waals surface area contributed by atoms with Gasteiger partial charge in [0.05, 0.1) is 11.8 Å². The van der Waals surface area contributed by atoms with Crippen molar-refractivity contribution in [1.82, 2.24) is 0 Å². The lowest BCUT2D eigenvalue weighted by Crippen LogP contribution is -2.28. The molecule has 0 aromatic heterocycles. The van der Waals surface area contributed by atoms with Crippen molar-refractivity contribution >= 4 is 17.3 Å². The van der Waals surface area contributed by atoms with E-state index in [9.17, 15) is 14.4 Å². The topological polar surface area (TPSA) is 51.2 Å². The van der Waals surface area contributed by atoms with Crippen molar-refractivity contribution in [2.45, 2.75) is 20.3 Å². The Morgan fingerprint density at radius 1 is 1.00 bits per heavy atom. The van der Waals surface area contributed by atoms with Crippen LogP contribution in [0.4, 0.5) is 0 Å². The van der Waals surface area contributed by atoms with Gasteiger partial charge in [0, 0.05) is 0 Å². The van der Waals surface area contributed by atoms with Crippen LogP contribution in [0.5, 0.6) is 0 Å². The molecule has 0 radical (unpaired) electrons. The Labute approximate surface area is 100 Å². The van der Waals surface area contributed by atoms with Crippen LogP contribution in [0.1, 0.15) is 20.3 Å². The van der Waals surface area contributed by atoms with Crippen molar-refractivity contribution in [2.24, 2.45) is 35.5 Å².